The lowest BCUT2D eigenvalue weighted by molar-refractivity contribution is 0.102. The summed E-state index contributed by atoms with van der Waals surface area (Å²) < 4.78 is 25.1. The molecule has 0 unspecified atom stereocenters. The quantitative estimate of drug-likeness (QED) is 0.327. The van der Waals surface area contributed by atoms with Crippen LogP contribution < -0.4 is 21.3 Å². The predicted octanol–water partition coefficient (Wildman–Crippen LogP) is 5.32. The number of carbonyl (C=O) groups excluding carboxylic acids is 1. The molecule has 0 saturated heterocycles. The van der Waals surface area contributed by atoms with E-state index in [1.165, 1.54) is 27.5 Å². The first-order valence-electron chi connectivity index (χ1n) is 13.7. The fourth-order valence-electron chi connectivity index (χ4n) is 5.11. The summed E-state index contributed by atoms with van der Waals surface area (Å²) in [5.41, 5.74) is 0.332. The molecule has 1 N–H and O–H groups in total. The van der Waals surface area contributed by atoms with Crippen LogP contribution in [0.15, 0.2) is 64.7 Å². The van der Waals surface area contributed by atoms with E-state index < -0.39 is 23.0 Å². The second-order valence-electron chi connectivity index (χ2n) is 10.9. The maximum atomic E-state index is 15.0. The first-order chi connectivity index (χ1) is 19.6. The van der Waals surface area contributed by atoms with Crippen LogP contribution in [0.3, 0.4) is 0 Å². The number of hydrogen-bond donors (Lipinski definition) is 1. The van der Waals surface area contributed by atoms with Gasteiger partial charge >= 0.3 is 5.69 Å². The largest absolute Gasteiger partial charge is 0.454 e. The molecule has 214 valence electrons. The lowest BCUT2D eigenvalue weighted by Gasteiger charge is -2.28. The van der Waals surface area contributed by atoms with Crippen molar-refractivity contribution in [3.63, 3.8) is 0 Å². The molecule has 41 heavy (non-hydrogen) atoms. The van der Waals surface area contributed by atoms with Crippen LogP contribution in [0.25, 0.3) is 11.3 Å². The molecular weight excluding hydrogens is 527 g/mol. The molecule has 1 aliphatic carbocycles. The van der Waals surface area contributed by atoms with E-state index >= 15 is 4.39 Å². The van der Waals surface area contributed by atoms with E-state index in [1.54, 1.807) is 36.3 Å². The van der Waals surface area contributed by atoms with Gasteiger partial charge < -0.3 is 10.1 Å². The van der Waals surface area contributed by atoms with E-state index in [2.05, 4.69) is 22.3 Å². The molecule has 0 spiro atoms. The molecule has 0 aliphatic heterocycles. The third-order valence-corrected chi connectivity index (χ3v) is 7.45. The Bertz CT molecular complexity index is 1700. The number of pyridine rings is 1. The number of anilines is 1. The van der Waals surface area contributed by atoms with Crippen molar-refractivity contribution >= 4 is 11.6 Å². The standard InChI is InChI=1S/C30H33FN6O4/c1-18(2)36-17-24(29(39)37(30(36)40)22-8-5-19(3)6-9-22)28(38)34-21-7-10-27(25(31)13-21)41-23-11-12-32-26(14-23)20-15-33-35(4)16-20/h7,10-19,22H,5-6,8-9H2,1-4H3,(H,34,38). The number of ether oxygens (including phenoxy) is 1. The molecule has 3 heterocycles. The number of amides is 1. The van der Waals surface area contributed by atoms with E-state index in [1.807, 2.05) is 20.0 Å². The Kier molecular flexibility index (Phi) is 7.87. The Labute approximate surface area is 236 Å². The Morgan fingerprint density at radius 3 is 2.51 bits per heavy atom. The molecule has 0 atom stereocenters. The van der Waals surface area contributed by atoms with Crippen molar-refractivity contribution in [2.45, 2.75) is 58.5 Å². The minimum absolute atomic E-state index is 0.0476. The van der Waals surface area contributed by atoms with Gasteiger partial charge in [0, 0.05) is 61.1 Å². The van der Waals surface area contributed by atoms with Gasteiger partial charge in [0.25, 0.3) is 11.5 Å². The molecule has 10 nitrogen and oxygen atoms in total. The molecular formula is C30H33FN6O4. The van der Waals surface area contributed by atoms with Gasteiger partial charge in [0.2, 0.25) is 0 Å². The summed E-state index contributed by atoms with van der Waals surface area (Å²) in [5, 5.41) is 6.74. The average molecular weight is 561 g/mol. The Morgan fingerprint density at radius 1 is 1.10 bits per heavy atom. The van der Waals surface area contributed by atoms with Gasteiger partial charge in [-0.3, -0.25) is 28.4 Å². The van der Waals surface area contributed by atoms with E-state index in [9.17, 15) is 14.4 Å². The van der Waals surface area contributed by atoms with Gasteiger partial charge in [-0.15, -0.1) is 0 Å². The van der Waals surface area contributed by atoms with Crippen LogP contribution in [0.5, 0.6) is 11.5 Å². The zero-order valence-electron chi connectivity index (χ0n) is 23.5. The van der Waals surface area contributed by atoms with Crippen LogP contribution in [0.4, 0.5) is 10.1 Å². The van der Waals surface area contributed by atoms with E-state index in [0.29, 0.717) is 30.2 Å². The van der Waals surface area contributed by atoms with Crippen LogP contribution in [0.1, 0.15) is 68.9 Å². The van der Waals surface area contributed by atoms with Crippen molar-refractivity contribution in [1.29, 1.82) is 0 Å². The highest BCUT2D eigenvalue weighted by Crippen LogP contribution is 2.31. The summed E-state index contributed by atoms with van der Waals surface area (Å²) in [5.74, 6) is -0.560. The lowest BCUT2D eigenvalue weighted by Crippen LogP contribution is -2.46. The van der Waals surface area contributed by atoms with E-state index in [0.717, 1.165) is 24.5 Å². The molecule has 0 bridgehead atoms. The second kappa shape index (κ2) is 11.5. The van der Waals surface area contributed by atoms with Gasteiger partial charge in [0.05, 0.1) is 11.9 Å². The Hall–Kier alpha value is -4.54. The van der Waals surface area contributed by atoms with Crippen molar-refractivity contribution in [3.8, 4) is 22.8 Å². The van der Waals surface area contributed by atoms with Crippen molar-refractivity contribution < 1.29 is 13.9 Å². The average Bonchev–Trinajstić information content (AvgIpc) is 3.37. The van der Waals surface area contributed by atoms with Crippen molar-refractivity contribution in [3.05, 3.63) is 87.3 Å². The zero-order chi connectivity index (χ0) is 29.3. The van der Waals surface area contributed by atoms with Gasteiger partial charge in [-0.1, -0.05) is 6.92 Å². The molecule has 1 saturated carbocycles. The smallest absolute Gasteiger partial charge is 0.331 e. The topological polar surface area (TPSA) is 113 Å². The number of aryl methyl sites for hydroxylation is 1. The zero-order valence-corrected chi connectivity index (χ0v) is 23.5. The van der Waals surface area contributed by atoms with Crippen LogP contribution in [-0.4, -0.2) is 29.8 Å². The lowest BCUT2D eigenvalue weighted by atomic mass is 9.87. The minimum Gasteiger partial charge on any atom is -0.454 e. The number of nitrogens with one attached hydrogen (secondary N) is 1. The maximum Gasteiger partial charge on any atom is 0.331 e. The number of aromatic nitrogens is 5. The summed E-state index contributed by atoms with van der Waals surface area (Å²) in [6.07, 6.45) is 9.55. The van der Waals surface area contributed by atoms with Crippen LogP contribution in [0.2, 0.25) is 0 Å². The fraction of sp³-hybridized carbons (Fsp3) is 0.367. The highest BCUT2D eigenvalue weighted by Gasteiger charge is 2.27. The second-order valence-corrected chi connectivity index (χ2v) is 10.9. The molecule has 1 aliphatic rings. The molecule has 1 aromatic carbocycles. The van der Waals surface area contributed by atoms with Crippen LogP contribution in [-0.2, 0) is 7.05 Å². The first-order valence-corrected chi connectivity index (χ1v) is 13.7. The minimum atomic E-state index is -0.717. The van der Waals surface area contributed by atoms with Crippen molar-refractivity contribution in [2.75, 3.05) is 5.32 Å². The SMILES string of the molecule is CC1CCC(n2c(=O)c(C(=O)Nc3ccc(Oc4ccnc(-c5cnn(C)c5)c4)c(F)c3)cn(C(C)C)c2=O)CC1. The summed E-state index contributed by atoms with van der Waals surface area (Å²) >= 11 is 0. The van der Waals surface area contributed by atoms with E-state index in [-0.39, 0.29) is 29.1 Å². The molecule has 4 aromatic rings. The summed E-state index contributed by atoms with van der Waals surface area (Å²) in [7, 11) is 1.80. The fourth-order valence-corrected chi connectivity index (χ4v) is 5.11. The normalized spacial score (nSPS) is 17.0. The monoisotopic (exact) mass is 560 g/mol. The number of benzene rings is 1. The predicted molar refractivity (Wildman–Crippen MR) is 153 cm³/mol. The number of nitrogens with zero attached hydrogens (tertiary/aromatic N) is 5. The molecule has 1 fully saturated rings. The first kappa shape index (κ1) is 28.0. The van der Waals surface area contributed by atoms with Gasteiger partial charge in [-0.2, -0.15) is 5.10 Å². The maximum absolute atomic E-state index is 15.0. The summed E-state index contributed by atoms with van der Waals surface area (Å²) in [6.45, 7) is 5.79. The number of rotatable bonds is 7. The van der Waals surface area contributed by atoms with Crippen LogP contribution in [0, 0.1) is 11.7 Å². The van der Waals surface area contributed by atoms with E-state index in [4.69, 9.17) is 4.74 Å². The van der Waals surface area contributed by atoms with Crippen molar-refractivity contribution in [2.24, 2.45) is 13.0 Å². The molecule has 11 heteroatoms. The highest BCUT2D eigenvalue weighted by atomic mass is 19.1. The van der Waals surface area contributed by atoms with Gasteiger partial charge in [0.1, 0.15) is 11.3 Å². The number of carbonyl (C=O) groups is 1. The summed E-state index contributed by atoms with van der Waals surface area (Å²) in [4.78, 5) is 44.2. The third kappa shape index (κ3) is 5.98. The molecule has 5 rings (SSSR count). The highest BCUT2D eigenvalue weighted by molar-refractivity contribution is 6.03. The molecule has 1 amide bonds. The number of halogens is 1. The van der Waals surface area contributed by atoms with Gasteiger partial charge in [0.15, 0.2) is 11.6 Å². The Balaban J connectivity index is 1.37. The van der Waals surface area contributed by atoms with Gasteiger partial charge in [-0.05, 0) is 63.6 Å². The van der Waals surface area contributed by atoms with Crippen LogP contribution >= 0.6 is 0 Å². The number of hydrogen-bond acceptors (Lipinski definition) is 6. The molecule has 0 radical (unpaired) electrons. The van der Waals surface area contributed by atoms with Gasteiger partial charge in [-0.25, -0.2) is 9.18 Å². The Morgan fingerprint density at radius 2 is 1.85 bits per heavy atom. The third-order valence-electron chi connectivity index (χ3n) is 7.45. The molecule has 3 aromatic heterocycles. The summed E-state index contributed by atoms with van der Waals surface area (Å²) in [6, 6.07) is 6.76. The van der Waals surface area contributed by atoms with Crippen molar-refractivity contribution in [1.82, 2.24) is 23.9 Å².